The Morgan fingerprint density at radius 2 is 2.12 bits per heavy atom. The standard InChI is InChI=1S/C16H12N4O2S2/c1-22-13(21)9-24-16-19-12-6-7-23-14(12)15(20-16)18-11-4-2-10(8-17)3-5-11/h2-7H,9H2,1H3,(H,18,19,20). The predicted octanol–water partition coefficient (Wildman–Crippen LogP) is 3.57. The number of ether oxygens (including phenoxy) is 1. The van der Waals surface area contributed by atoms with Gasteiger partial charge < -0.3 is 10.1 Å². The molecule has 8 heteroatoms. The van der Waals surface area contributed by atoms with Crippen LogP contribution in [0, 0.1) is 11.3 Å². The summed E-state index contributed by atoms with van der Waals surface area (Å²) < 4.78 is 5.57. The van der Waals surface area contributed by atoms with Gasteiger partial charge in [-0.2, -0.15) is 5.26 Å². The number of hydrogen-bond acceptors (Lipinski definition) is 8. The summed E-state index contributed by atoms with van der Waals surface area (Å²) in [5.74, 6) is 0.505. The Balaban J connectivity index is 1.89. The number of carbonyl (C=O) groups is 1. The summed E-state index contributed by atoms with van der Waals surface area (Å²) in [5.41, 5.74) is 2.24. The molecular formula is C16H12N4O2S2. The Hall–Kier alpha value is -2.63. The molecule has 0 unspecified atom stereocenters. The molecule has 2 aromatic heterocycles. The largest absolute Gasteiger partial charge is 0.468 e. The third kappa shape index (κ3) is 3.64. The quantitative estimate of drug-likeness (QED) is 0.425. The average Bonchev–Trinajstić information content (AvgIpc) is 3.09. The molecule has 0 atom stereocenters. The predicted molar refractivity (Wildman–Crippen MR) is 94.6 cm³/mol. The van der Waals surface area contributed by atoms with Crippen molar-refractivity contribution in [2.45, 2.75) is 5.16 Å². The molecule has 0 bridgehead atoms. The van der Waals surface area contributed by atoms with E-state index in [1.165, 1.54) is 30.2 Å². The Labute approximate surface area is 146 Å². The highest BCUT2D eigenvalue weighted by molar-refractivity contribution is 7.99. The van der Waals surface area contributed by atoms with Crippen molar-refractivity contribution in [1.82, 2.24) is 9.97 Å². The lowest BCUT2D eigenvalue weighted by atomic mass is 10.2. The minimum atomic E-state index is -0.324. The molecule has 1 N–H and O–H groups in total. The van der Waals surface area contributed by atoms with E-state index in [2.05, 4.69) is 26.1 Å². The van der Waals surface area contributed by atoms with Crippen LogP contribution in [0.3, 0.4) is 0 Å². The Morgan fingerprint density at radius 3 is 2.83 bits per heavy atom. The molecule has 0 aliphatic heterocycles. The van der Waals surface area contributed by atoms with Gasteiger partial charge in [0.1, 0.15) is 0 Å². The average molecular weight is 356 g/mol. The van der Waals surface area contributed by atoms with Crippen molar-refractivity contribution >= 4 is 50.8 Å². The zero-order chi connectivity index (χ0) is 16.9. The van der Waals surface area contributed by atoms with Crippen LogP contribution in [-0.4, -0.2) is 28.8 Å². The SMILES string of the molecule is COC(=O)CSc1nc(Nc2ccc(C#N)cc2)c2sccc2n1. The number of thiophene rings is 1. The molecule has 6 nitrogen and oxygen atoms in total. The van der Waals surface area contributed by atoms with E-state index < -0.39 is 0 Å². The van der Waals surface area contributed by atoms with Crippen LogP contribution in [0.4, 0.5) is 11.5 Å². The zero-order valence-electron chi connectivity index (χ0n) is 12.6. The van der Waals surface area contributed by atoms with E-state index in [4.69, 9.17) is 5.26 Å². The summed E-state index contributed by atoms with van der Waals surface area (Å²) in [7, 11) is 1.35. The van der Waals surface area contributed by atoms with Crippen molar-refractivity contribution in [3.63, 3.8) is 0 Å². The van der Waals surface area contributed by atoms with Crippen LogP contribution in [-0.2, 0) is 9.53 Å². The maximum atomic E-state index is 11.3. The summed E-state index contributed by atoms with van der Waals surface area (Å²) in [4.78, 5) is 20.2. The number of rotatable bonds is 5. The van der Waals surface area contributed by atoms with Gasteiger partial charge in [0.15, 0.2) is 11.0 Å². The van der Waals surface area contributed by atoms with E-state index >= 15 is 0 Å². The first-order chi connectivity index (χ1) is 11.7. The monoisotopic (exact) mass is 356 g/mol. The van der Waals surface area contributed by atoms with E-state index in [0.29, 0.717) is 16.5 Å². The first kappa shape index (κ1) is 16.2. The molecule has 3 aromatic rings. The molecule has 0 radical (unpaired) electrons. The second-order valence-corrected chi connectivity index (χ2v) is 6.53. The van der Waals surface area contributed by atoms with E-state index in [1.54, 1.807) is 12.1 Å². The number of nitrogens with one attached hydrogen (secondary N) is 1. The van der Waals surface area contributed by atoms with Crippen LogP contribution in [0.25, 0.3) is 10.2 Å². The number of esters is 1. The Morgan fingerprint density at radius 1 is 1.33 bits per heavy atom. The number of thioether (sulfide) groups is 1. The highest BCUT2D eigenvalue weighted by Crippen LogP contribution is 2.30. The number of anilines is 2. The summed E-state index contributed by atoms with van der Waals surface area (Å²) in [6.45, 7) is 0. The van der Waals surface area contributed by atoms with Crippen molar-refractivity contribution in [3.05, 3.63) is 41.3 Å². The first-order valence-electron chi connectivity index (χ1n) is 6.91. The smallest absolute Gasteiger partial charge is 0.316 e. The summed E-state index contributed by atoms with van der Waals surface area (Å²) in [6, 6.07) is 11.1. The number of fused-ring (bicyclic) bond motifs is 1. The van der Waals surface area contributed by atoms with Gasteiger partial charge >= 0.3 is 5.97 Å². The van der Waals surface area contributed by atoms with Gasteiger partial charge in [-0.25, -0.2) is 9.97 Å². The molecule has 0 amide bonds. The normalized spacial score (nSPS) is 10.3. The number of methoxy groups -OCH3 is 1. The van der Waals surface area contributed by atoms with Crippen LogP contribution in [0.15, 0.2) is 40.9 Å². The van der Waals surface area contributed by atoms with Crippen LogP contribution in [0.1, 0.15) is 5.56 Å². The van der Waals surface area contributed by atoms with Crippen molar-refractivity contribution < 1.29 is 9.53 Å². The van der Waals surface area contributed by atoms with Gasteiger partial charge in [0, 0.05) is 5.69 Å². The summed E-state index contributed by atoms with van der Waals surface area (Å²) in [6.07, 6.45) is 0. The first-order valence-corrected chi connectivity index (χ1v) is 8.78. The molecule has 0 spiro atoms. The fraction of sp³-hybridized carbons (Fsp3) is 0.125. The van der Waals surface area contributed by atoms with Gasteiger partial charge in [0.25, 0.3) is 0 Å². The number of hydrogen-bond donors (Lipinski definition) is 1. The van der Waals surface area contributed by atoms with E-state index in [9.17, 15) is 4.79 Å². The van der Waals surface area contributed by atoms with Gasteiger partial charge in [-0.15, -0.1) is 11.3 Å². The van der Waals surface area contributed by atoms with Crippen molar-refractivity contribution in [2.75, 3.05) is 18.2 Å². The van der Waals surface area contributed by atoms with Crippen molar-refractivity contribution in [1.29, 1.82) is 5.26 Å². The van der Waals surface area contributed by atoms with Gasteiger partial charge in [-0.05, 0) is 35.7 Å². The molecule has 0 fully saturated rings. The molecule has 0 saturated heterocycles. The maximum absolute atomic E-state index is 11.3. The second kappa shape index (κ2) is 7.29. The molecule has 0 aliphatic rings. The lowest BCUT2D eigenvalue weighted by Gasteiger charge is -2.08. The van der Waals surface area contributed by atoms with Crippen LogP contribution >= 0.6 is 23.1 Å². The molecule has 3 rings (SSSR count). The van der Waals surface area contributed by atoms with Gasteiger partial charge in [0.05, 0.1) is 34.7 Å². The van der Waals surface area contributed by atoms with Crippen LogP contribution < -0.4 is 5.32 Å². The van der Waals surface area contributed by atoms with E-state index in [0.717, 1.165) is 15.9 Å². The number of benzene rings is 1. The molecule has 120 valence electrons. The number of aromatic nitrogens is 2. The summed E-state index contributed by atoms with van der Waals surface area (Å²) >= 11 is 2.76. The number of nitriles is 1. The number of carbonyl (C=O) groups excluding carboxylic acids is 1. The molecular weight excluding hydrogens is 344 g/mol. The highest BCUT2D eigenvalue weighted by Gasteiger charge is 2.11. The lowest BCUT2D eigenvalue weighted by Crippen LogP contribution is -2.04. The zero-order valence-corrected chi connectivity index (χ0v) is 14.3. The van der Waals surface area contributed by atoms with E-state index in [-0.39, 0.29) is 11.7 Å². The van der Waals surface area contributed by atoms with Crippen molar-refractivity contribution in [2.24, 2.45) is 0 Å². The minimum absolute atomic E-state index is 0.155. The fourth-order valence-corrected chi connectivity index (χ4v) is 3.40. The number of nitrogens with zero attached hydrogens (tertiary/aromatic N) is 3. The third-order valence-corrected chi connectivity index (χ3v) is 4.84. The third-order valence-electron chi connectivity index (χ3n) is 3.11. The summed E-state index contributed by atoms with van der Waals surface area (Å²) in [5, 5.41) is 14.6. The lowest BCUT2D eigenvalue weighted by molar-refractivity contribution is -0.137. The van der Waals surface area contributed by atoms with Crippen LogP contribution in [0.5, 0.6) is 0 Å². The van der Waals surface area contributed by atoms with Gasteiger partial charge in [-0.1, -0.05) is 11.8 Å². The van der Waals surface area contributed by atoms with E-state index in [1.807, 2.05) is 23.6 Å². The minimum Gasteiger partial charge on any atom is -0.468 e. The Bertz CT molecular complexity index is 916. The highest BCUT2D eigenvalue weighted by atomic mass is 32.2. The fourth-order valence-electron chi connectivity index (χ4n) is 1.94. The topological polar surface area (TPSA) is 87.9 Å². The molecule has 24 heavy (non-hydrogen) atoms. The van der Waals surface area contributed by atoms with Crippen molar-refractivity contribution in [3.8, 4) is 6.07 Å². The molecule has 0 saturated carbocycles. The molecule has 2 heterocycles. The van der Waals surface area contributed by atoms with Gasteiger partial charge in [0.2, 0.25) is 0 Å². The maximum Gasteiger partial charge on any atom is 0.316 e. The second-order valence-electron chi connectivity index (χ2n) is 4.67. The molecule has 0 aliphatic carbocycles. The Kier molecular flexibility index (Phi) is 4.93. The van der Waals surface area contributed by atoms with Crippen LogP contribution in [0.2, 0.25) is 0 Å². The molecule has 1 aromatic carbocycles. The van der Waals surface area contributed by atoms with Gasteiger partial charge in [-0.3, -0.25) is 4.79 Å².